The molecule has 1 aliphatic rings. The van der Waals surface area contributed by atoms with Gasteiger partial charge in [0.15, 0.2) is 0 Å². The van der Waals surface area contributed by atoms with E-state index in [2.05, 4.69) is 4.98 Å². The summed E-state index contributed by atoms with van der Waals surface area (Å²) < 4.78 is 7.49. The first-order valence-corrected chi connectivity index (χ1v) is 6.17. The molecule has 1 aliphatic heterocycles. The Kier molecular flexibility index (Phi) is 2.74. The first-order chi connectivity index (χ1) is 9.16. The fourth-order valence-electron chi connectivity index (χ4n) is 2.55. The lowest BCUT2D eigenvalue weighted by atomic mass is 9.96. The molecule has 2 unspecified atom stereocenters. The molecule has 2 atom stereocenters. The average molecular weight is 258 g/mol. The van der Waals surface area contributed by atoms with Gasteiger partial charge in [-0.2, -0.15) is 0 Å². The monoisotopic (exact) mass is 258 g/mol. The predicted molar refractivity (Wildman–Crippen MR) is 68.5 cm³/mol. The smallest absolute Gasteiger partial charge is 0.354 e. The topological polar surface area (TPSA) is 64.4 Å². The highest BCUT2D eigenvalue weighted by atomic mass is 16.5. The molecule has 19 heavy (non-hydrogen) atoms. The summed E-state index contributed by atoms with van der Waals surface area (Å²) in [5, 5.41) is 9.21. The number of ether oxygens (including phenoxy) is 1. The fraction of sp³-hybridized carbons (Fsp3) is 0.286. The highest BCUT2D eigenvalue weighted by Gasteiger charge is 2.29. The quantitative estimate of drug-likeness (QED) is 0.898. The molecule has 0 fully saturated rings. The van der Waals surface area contributed by atoms with Crippen LogP contribution in [0.1, 0.15) is 35.4 Å². The summed E-state index contributed by atoms with van der Waals surface area (Å²) in [6.07, 6.45) is 3.73. The molecule has 0 saturated heterocycles. The molecule has 5 nitrogen and oxygen atoms in total. The van der Waals surface area contributed by atoms with Crippen molar-refractivity contribution in [3.63, 3.8) is 0 Å². The molecule has 1 aromatic heterocycles. The van der Waals surface area contributed by atoms with Crippen LogP contribution in [0.2, 0.25) is 0 Å². The van der Waals surface area contributed by atoms with E-state index in [1.165, 1.54) is 6.20 Å². The molecule has 2 aromatic rings. The van der Waals surface area contributed by atoms with Crippen LogP contribution in [0.4, 0.5) is 0 Å². The number of nitrogens with zero attached hydrogens (tertiary/aromatic N) is 2. The van der Waals surface area contributed by atoms with E-state index in [0.29, 0.717) is 0 Å². The van der Waals surface area contributed by atoms with Gasteiger partial charge >= 0.3 is 5.97 Å². The highest BCUT2D eigenvalue weighted by Crippen LogP contribution is 2.37. The lowest BCUT2D eigenvalue weighted by Gasteiger charge is -2.31. The first kappa shape index (κ1) is 11.8. The minimum atomic E-state index is -0.964. The third kappa shape index (κ3) is 1.97. The SMILES string of the molecule is CC1CC(n2cncc2C(=O)O)c2ccccc2O1. The number of aromatic carboxylic acids is 1. The van der Waals surface area contributed by atoms with Crippen LogP contribution in [0.3, 0.4) is 0 Å². The highest BCUT2D eigenvalue weighted by molar-refractivity contribution is 5.85. The zero-order valence-corrected chi connectivity index (χ0v) is 10.5. The molecule has 0 radical (unpaired) electrons. The number of benzene rings is 1. The third-order valence-corrected chi connectivity index (χ3v) is 3.38. The number of carboxylic acids is 1. The maximum Gasteiger partial charge on any atom is 0.354 e. The second kappa shape index (κ2) is 4.42. The van der Waals surface area contributed by atoms with Crippen molar-refractivity contribution >= 4 is 5.97 Å². The Morgan fingerprint density at radius 3 is 3.05 bits per heavy atom. The minimum absolute atomic E-state index is 0.0453. The Balaban J connectivity index is 2.10. The van der Waals surface area contributed by atoms with Gasteiger partial charge < -0.3 is 14.4 Å². The summed E-state index contributed by atoms with van der Waals surface area (Å²) in [4.78, 5) is 15.2. The van der Waals surface area contributed by atoms with E-state index in [1.54, 1.807) is 10.9 Å². The van der Waals surface area contributed by atoms with Crippen LogP contribution >= 0.6 is 0 Å². The van der Waals surface area contributed by atoms with Crippen LogP contribution in [0, 0.1) is 0 Å². The van der Waals surface area contributed by atoms with Gasteiger partial charge in [0.25, 0.3) is 0 Å². The van der Waals surface area contributed by atoms with Gasteiger partial charge in [0.2, 0.25) is 0 Å². The molecule has 98 valence electrons. The lowest BCUT2D eigenvalue weighted by Crippen LogP contribution is -2.27. The molecular weight excluding hydrogens is 244 g/mol. The largest absolute Gasteiger partial charge is 0.490 e. The van der Waals surface area contributed by atoms with Crippen LogP contribution in [-0.2, 0) is 0 Å². The van der Waals surface area contributed by atoms with Crippen molar-refractivity contribution in [3.8, 4) is 5.75 Å². The Morgan fingerprint density at radius 2 is 2.26 bits per heavy atom. The van der Waals surface area contributed by atoms with Crippen LogP contribution in [-0.4, -0.2) is 26.7 Å². The second-order valence-electron chi connectivity index (χ2n) is 4.71. The molecule has 3 rings (SSSR count). The minimum Gasteiger partial charge on any atom is -0.490 e. The van der Waals surface area contributed by atoms with E-state index in [9.17, 15) is 9.90 Å². The van der Waals surface area contributed by atoms with Crippen molar-refractivity contribution in [2.75, 3.05) is 0 Å². The van der Waals surface area contributed by atoms with Crippen molar-refractivity contribution in [3.05, 3.63) is 48.0 Å². The molecule has 2 heterocycles. The number of hydrogen-bond donors (Lipinski definition) is 1. The molecule has 1 N–H and O–H groups in total. The third-order valence-electron chi connectivity index (χ3n) is 3.38. The summed E-state index contributed by atoms with van der Waals surface area (Å²) in [5.74, 6) is -0.148. The van der Waals surface area contributed by atoms with E-state index in [-0.39, 0.29) is 17.8 Å². The number of fused-ring (bicyclic) bond motifs is 1. The molecule has 0 amide bonds. The van der Waals surface area contributed by atoms with E-state index in [1.807, 2.05) is 31.2 Å². The number of carboxylic acid groups (broad SMARTS) is 1. The summed E-state index contributed by atoms with van der Waals surface area (Å²) in [5.41, 5.74) is 1.20. The van der Waals surface area contributed by atoms with Gasteiger partial charge in [0.05, 0.1) is 24.7 Å². The van der Waals surface area contributed by atoms with Crippen molar-refractivity contribution in [2.24, 2.45) is 0 Å². The van der Waals surface area contributed by atoms with Crippen molar-refractivity contribution in [1.29, 1.82) is 0 Å². The number of para-hydroxylation sites is 1. The van der Waals surface area contributed by atoms with E-state index in [4.69, 9.17) is 4.74 Å². The molecule has 0 bridgehead atoms. The predicted octanol–water partition coefficient (Wildman–Crippen LogP) is 2.34. The van der Waals surface area contributed by atoms with Crippen LogP contribution < -0.4 is 4.74 Å². The van der Waals surface area contributed by atoms with E-state index >= 15 is 0 Å². The zero-order valence-electron chi connectivity index (χ0n) is 10.5. The van der Waals surface area contributed by atoms with Crippen LogP contribution in [0.25, 0.3) is 0 Å². The lowest BCUT2D eigenvalue weighted by molar-refractivity contribution is 0.0679. The Bertz CT molecular complexity index is 621. The molecular formula is C14H14N2O3. The standard InChI is InChI=1S/C14H14N2O3/c1-9-6-11(10-4-2-3-5-13(10)19-9)16-8-15-7-12(16)14(17)18/h2-5,7-9,11H,6H2,1H3,(H,17,18). The van der Waals surface area contributed by atoms with Gasteiger partial charge in [-0.1, -0.05) is 18.2 Å². The van der Waals surface area contributed by atoms with Crippen LogP contribution in [0.5, 0.6) is 5.75 Å². The van der Waals surface area contributed by atoms with E-state index < -0.39 is 5.97 Å². The Morgan fingerprint density at radius 1 is 1.47 bits per heavy atom. The number of carbonyl (C=O) groups is 1. The molecule has 1 aromatic carbocycles. The van der Waals surface area contributed by atoms with Crippen molar-refractivity contribution < 1.29 is 14.6 Å². The second-order valence-corrected chi connectivity index (χ2v) is 4.71. The summed E-state index contributed by atoms with van der Waals surface area (Å²) in [6, 6.07) is 7.68. The number of hydrogen-bond acceptors (Lipinski definition) is 3. The molecule has 0 spiro atoms. The molecule has 0 aliphatic carbocycles. The fourth-order valence-corrected chi connectivity index (χ4v) is 2.55. The van der Waals surface area contributed by atoms with Crippen molar-refractivity contribution in [1.82, 2.24) is 9.55 Å². The molecule has 5 heteroatoms. The maximum atomic E-state index is 11.2. The zero-order chi connectivity index (χ0) is 13.4. The number of imidazole rings is 1. The maximum absolute atomic E-state index is 11.2. The Hall–Kier alpha value is -2.30. The first-order valence-electron chi connectivity index (χ1n) is 6.17. The van der Waals surface area contributed by atoms with Crippen LogP contribution in [0.15, 0.2) is 36.8 Å². The van der Waals surface area contributed by atoms with E-state index in [0.717, 1.165) is 17.7 Å². The van der Waals surface area contributed by atoms with Gasteiger partial charge in [-0.3, -0.25) is 0 Å². The number of rotatable bonds is 2. The normalized spacial score (nSPS) is 21.5. The van der Waals surface area contributed by atoms with Gasteiger partial charge in [-0.05, 0) is 13.0 Å². The molecule has 0 saturated carbocycles. The summed E-state index contributed by atoms with van der Waals surface area (Å²) in [7, 11) is 0. The average Bonchev–Trinajstić information content (AvgIpc) is 2.86. The van der Waals surface area contributed by atoms with Gasteiger partial charge in [-0.15, -0.1) is 0 Å². The van der Waals surface area contributed by atoms with Crippen molar-refractivity contribution in [2.45, 2.75) is 25.5 Å². The Labute approximate surface area is 110 Å². The number of aromatic nitrogens is 2. The van der Waals surface area contributed by atoms with Gasteiger partial charge in [-0.25, -0.2) is 9.78 Å². The van der Waals surface area contributed by atoms with Gasteiger partial charge in [0.1, 0.15) is 11.4 Å². The summed E-state index contributed by atoms with van der Waals surface area (Å²) >= 11 is 0. The summed E-state index contributed by atoms with van der Waals surface area (Å²) in [6.45, 7) is 1.99. The van der Waals surface area contributed by atoms with Gasteiger partial charge in [0, 0.05) is 12.0 Å².